The Labute approximate surface area is 100 Å². The van der Waals surface area contributed by atoms with Crippen LogP contribution in [-0.2, 0) is 0 Å². The highest BCUT2D eigenvalue weighted by Gasteiger charge is 2.22. The smallest absolute Gasteiger partial charge is 0.0353 e. The van der Waals surface area contributed by atoms with Gasteiger partial charge in [0.25, 0.3) is 0 Å². The molecular weight excluding hydrogens is 250 g/mol. The molecule has 2 atom stereocenters. The standard InChI is InChI=1S/C13H18BrN/c1-9-6-7-11(8-12(9)14)15-13-5-3-4-10(13)2/h6-8,10,13,15H,3-5H2,1-2H3. The van der Waals surface area contributed by atoms with Gasteiger partial charge in [-0.25, -0.2) is 0 Å². The van der Waals surface area contributed by atoms with Crippen molar-refractivity contribution in [1.82, 2.24) is 0 Å². The Kier molecular flexibility index (Phi) is 3.35. The van der Waals surface area contributed by atoms with Crippen LogP contribution in [0.5, 0.6) is 0 Å². The van der Waals surface area contributed by atoms with Gasteiger partial charge < -0.3 is 5.32 Å². The van der Waals surface area contributed by atoms with E-state index in [4.69, 9.17) is 0 Å². The average molecular weight is 268 g/mol. The second-order valence-electron chi connectivity index (χ2n) is 4.62. The van der Waals surface area contributed by atoms with Gasteiger partial charge >= 0.3 is 0 Å². The van der Waals surface area contributed by atoms with Crippen molar-refractivity contribution in [2.24, 2.45) is 5.92 Å². The van der Waals surface area contributed by atoms with Gasteiger partial charge in [-0.3, -0.25) is 0 Å². The van der Waals surface area contributed by atoms with E-state index >= 15 is 0 Å². The summed E-state index contributed by atoms with van der Waals surface area (Å²) in [6.07, 6.45) is 4.04. The molecule has 1 aromatic carbocycles. The maximum atomic E-state index is 3.63. The van der Waals surface area contributed by atoms with E-state index in [-0.39, 0.29) is 0 Å². The summed E-state index contributed by atoms with van der Waals surface area (Å²) in [5, 5.41) is 3.63. The van der Waals surface area contributed by atoms with Crippen LogP contribution in [-0.4, -0.2) is 6.04 Å². The summed E-state index contributed by atoms with van der Waals surface area (Å²) in [7, 11) is 0. The zero-order valence-electron chi connectivity index (χ0n) is 9.39. The van der Waals surface area contributed by atoms with Crippen LogP contribution in [0.3, 0.4) is 0 Å². The van der Waals surface area contributed by atoms with Gasteiger partial charge in [-0.1, -0.05) is 35.3 Å². The summed E-state index contributed by atoms with van der Waals surface area (Å²) < 4.78 is 1.19. The van der Waals surface area contributed by atoms with E-state index in [9.17, 15) is 0 Å². The minimum Gasteiger partial charge on any atom is -0.382 e. The van der Waals surface area contributed by atoms with Crippen molar-refractivity contribution in [3.8, 4) is 0 Å². The molecule has 0 amide bonds. The maximum absolute atomic E-state index is 3.63. The minimum absolute atomic E-state index is 0.666. The third kappa shape index (κ3) is 2.54. The summed E-state index contributed by atoms with van der Waals surface area (Å²) in [5.41, 5.74) is 2.53. The Balaban J connectivity index is 2.07. The first-order valence-electron chi connectivity index (χ1n) is 5.69. The van der Waals surface area contributed by atoms with Crippen molar-refractivity contribution >= 4 is 21.6 Å². The van der Waals surface area contributed by atoms with E-state index in [0.29, 0.717) is 6.04 Å². The van der Waals surface area contributed by atoms with Crippen molar-refractivity contribution < 1.29 is 0 Å². The van der Waals surface area contributed by atoms with E-state index in [2.05, 4.69) is 53.3 Å². The lowest BCUT2D eigenvalue weighted by Crippen LogP contribution is -2.21. The number of hydrogen-bond donors (Lipinski definition) is 1. The molecule has 1 fully saturated rings. The normalized spacial score (nSPS) is 25.5. The van der Waals surface area contributed by atoms with Crippen molar-refractivity contribution in [3.63, 3.8) is 0 Å². The summed E-state index contributed by atoms with van der Waals surface area (Å²) in [6, 6.07) is 7.18. The first kappa shape index (κ1) is 11.0. The summed E-state index contributed by atoms with van der Waals surface area (Å²) >= 11 is 3.57. The van der Waals surface area contributed by atoms with Crippen LogP contribution >= 0.6 is 15.9 Å². The number of benzene rings is 1. The van der Waals surface area contributed by atoms with Crippen LogP contribution in [0.2, 0.25) is 0 Å². The highest BCUT2D eigenvalue weighted by atomic mass is 79.9. The summed E-state index contributed by atoms with van der Waals surface area (Å²) in [6.45, 7) is 4.46. The average Bonchev–Trinajstić information content (AvgIpc) is 2.59. The molecule has 0 bridgehead atoms. The molecule has 82 valence electrons. The fourth-order valence-electron chi connectivity index (χ4n) is 2.26. The van der Waals surface area contributed by atoms with Crippen molar-refractivity contribution in [2.75, 3.05) is 5.32 Å². The highest BCUT2D eigenvalue weighted by molar-refractivity contribution is 9.10. The lowest BCUT2D eigenvalue weighted by atomic mass is 10.1. The van der Waals surface area contributed by atoms with Gasteiger partial charge in [-0.15, -0.1) is 0 Å². The minimum atomic E-state index is 0.666. The molecule has 0 radical (unpaired) electrons. The molecule has 1 nitrogen and oxygen atoms in total. The molecule has 0 heterocycles. The molecule has 2 heteroatoms. The molecular formula is C13H18BrN. The van der Waals surface area contributed by atoms with E-state index in [1.54, 1.807) is 0 Å². The first-order chi connectivity index (χ1) is 7.16. The zero-order valence-corrected chi connectivity index (χ0v) is 11.0. The van der Waals surface area contributed by atoms with Crippen LogP contribution in [0.1, 0.15) is 31.7 Å². The SMILES string of the molecule is Cc1ccc(NC2CCCC2C)cc1Br. The highest BCUT2D eigenvalue weighted by Crippen LogP contribution is 2.29. The Bertz CT molecular complexity index is 348. The van der Waals surface area contributed by atoms with Gasteiger partial charge in [0, 0.05) is 16.2 Å². The Morgan fingerprint density at radius 3 is 2.73 bits per heavy atom. The maximum Gasteiger partial charge on any atom is 0.0353 e. The van der Waals surface area contributed by atoms with Crippen LogP contribution in [0.25, 0.3) is 0 Å². The fraction of sp³-hybridized carbons (Fsp3) is 0.538. The van der Waals surface area contributed by atoms with Crippen LogP contribution in [0.4, 0.5) is 5.69 Å². The van der Waals surface area contributed by atoms with Crippen molar-refractivity contribution in [2.45, 2.75) is 39.2 Å². The van der Waals surface area contributed by atoms with Crippen LogP contribution in [0, 0.1) is 12.8 Å². The van der Waals surface area contributed by atoms with E-state index < -0.39 is 0 Å². The summed E-state index contributed by atoms with van der Waals surface area (Å²) in [5.74, 6) is 0.810. The Hall–Kier alpha value is -0.500. The molecule has 0 aliphatic heterocycles. The van der Waals surface area contributed by atoms with E-state index in [1.807, 2.05) is 0 Å². The molecule has 2 rings (SSSR count). The van der Waals surface area contributed by atoms with Gasteiger partial charge in [-0.05, 0) is 43.4 Å². The third-order valence-electron chi connectivity index (χ3n) is 3.39. The largest absolute Gasteiger partial charge is 0.382 e. The second kappa shape index (κ2) is 4.56. The van der Waals surface area contributed by atoms with Gasteiger partial charge in [0.1, 0.15) is 0 Å². The van der Waals surface area contributed by atoms with Crippen molar-refractivity contribution in [1.29, 1.82) is 0 Å². The van der Waals surface area contributed by atoms with Crippen LogP contribution < -0.4 is 5.32 Å². The first-order valence-corrected chi connectivity index (χ1v) is 6.49. The third-order valence-corrected chi connectivity index (χ3v) is 4.24. The zero-order chi connectivity index (χ0) is 10.8. The Morgan fingerprint density at radius 2 is 2.13 bits per heavy atom. The molecule has 1 saturated carbocycles. The molecule has 0 aromatic heterocycles. The number of hydrogen-bond acceptors (Lipinski definition) is 1. The summed E-state index contributed by atoms with van der Waals surface area (Å²) in [4.78, 5) is 0. The number of rotatable bonds is 2. The molecule has 15 heavy (non-hydrogen) atoms. The molecule has 0 spiro atoms. The van der Waals surface area contributed by atoms with Gasteiger partial charge in [-0.2, -0.15) is 0 Å². The molecule has 2 unspecified atom stereocenters. The van der Waals surface area contributed by atoms with Crippen molar-refractivity contribution in [3.05, 3.63) is 28.2 Å². The van der Waals surface area contributed by atoms with Crippen LogP contribution in [0.15, 0.2) is 22.7 Å². The lowest BCUT2D eigenvalue weighted by molar-refractivity contribution is 0.556. The lowest BCUT2D eigenvalue weighted by Gasteiger charge is -2.19. The van der Waals surface area contributed by atoms with Gasteiger partial charge in [0.2, 0.25) is 0 Å². The number of nitrogens with one attached hydrogen (secondary N) is 1. The number of anilines is 1. The van der Waals surface area contributed by atoms with E-state index in [1.165, 1.54) is 35.0 Å². The molecule has 1 N–H and O–H groups in total. The topological polar surface area (TPSA) is 12.0 Å². The predicted molar refractivity (Wildman–Crippen MR) is 69.3 cm³/mol. The van der Waals surface area contributed by atoms with Gasteiger partial charge in [0.15, 0.2) is 0 Å². The molecule has 1 aliphatic carbocycles. The molecule has 0 saturated heterocycles. The van der Waals surface area contributed by atoms with Gasteiger partial charge in [0.05, 0.1) is 0 Å². The van der Waals surface area contributed by atoms with E-state index in [0.717, 1.165) is 5.92 Å². The molecule has 1 aromatic rings. The monoisotopic (exact) mass is 267 g/mol. The Morgan fingerprint density at radius 1 is 1.33 bits per heavy atom. The number of halogens is 1. The molecule has 1 aliphatic rings. The second-order valence-corrected chi connectivity index (χ2v) is 5.48. The quantitative estimate of drug-likeness (QED) is 0.840. The fourth-order valence-corrected chi connectivity index (χ4v) is 2.64. The predicted octanol–water partition coefficient (Wildman–Crippen LogP) is 4.36. The number of aryl methyl sites for hydroxylation is 1.